The molecule has 0 N–H and O–H groups in total. The monoisotopic (exact) mass is 152 g/mol. The van der Waals surface area contributed by atoms with Crippen molar-refractivity contribution >= 4 is 0 Å². The van der Waals surface area contributed by atoms with Gasteiger partial charge in [-0.15, -0.1) is 0 Å². The van der Waals surface area contributed by atoms with E-state index in [4.69, 9.17) is 4.74 Å². The highest BCUT2D eigenvalue weighted by Gasteiger charge is 2.46. The van der Waals surface area contributed by atoms with Crippen molar-refractivity contribution in [2.45, 2.75) is 38.2 Å². The minimum Gasteiger partial charge on any atom is -0.377 e. The zero-order chi connectivity index (χ0) is 7.26. The summed E-state index contributed by atoms with van der Waals surface area (Å²) in [7, 11) is 0. The Morgan fingerprint density at radius 3 is 2.73 bits per heavy atom. The van der Waals surface area contributed by atoms with Gasteiger partial charge in [-0.2, -0.15) is 0 Å². The first-order chi connectivity index (χ1) is 5.45. The first-order valence-corrected chi connectivity index (χ1v) is 5.07. The quantitative estimate of drug-likeness (QED) is 0.517. The third kappa shape index (κ3) is 0.807. The molecule has 0 aromatic carbocycles. The third-order valence-electron chi connectivity index (χ3n) is 4.02. The standard InChI is InChI=1S/C10H16O/c1-2-7-4-5-8-6-11-10(7)9(8)3-1/h7-10H,1-6H2. The van der Waals surface area contributed by atoms with Crippen LogP contribution >= 0.6 is 0 Å². The number of ether oxygens (including phenoxy) is 1. The van der Waals surface area contributed by atoms with Crippen LogP contribution in [0.1, 0.15) is 32.1 Å². The Hall–Kier alpha value is -0.0400. The van der Waals surface area contributed by atoms with E-state index in [9.17, 15) is 0 Å². The van der Waals surface area contributed by atoms with Crippen LogP contribution in [0.15, 0.2) is 0 Å². The lowest BCUT2D eigenvalue weighted by Gasteiger charge is -2.39. The van der Waals surface area contributed by atoms with Crippen LogP contribution in [0.2, 0.25) is 0 Å². The molecule has 62 valence electrons. The number of hydrogen-bond donors (Lipinski definition) is 0. The van der Waals surface area contributed by atoms with Gasteiger partial charge < -0.3 is 4.74 Å². The van der Waals surface area contributed by atoms with E-state index in [1.54, 1.807) is 0 Å². The molecule has 0 aromatic rings. The first-order valence-electron chi connectivity index (χ1n) is 5.07. The van der Waals surface area contributed by atoms with Crippen molar-refractivity contribution in [3.63, 3.8) is 0 Å². The van der Waals surface area contributed by atoms with Crippen LogP contribution in [0.25, 0.3) is 0 Å². The van der Waals surface area contributed by atoms with Gasteiger partial charge >= 0.3 is 0 Å². The molecule has 4 unspecified atom stereocenters. The Balaban J connectivity index is 1.91. The van der Waals surface area contributed by atoms with Crippen LogP contribution in [-0.2, 0) is 4.74 Å². The highest BCUT2D eigenvalue weighted by molar-refractivity contribution is 4.95. The van der Waals surface area contributed by atoms with Gasteiger partial charge in [-0.3, -0.25) is 0 Å². The van der Waals surface area contributed by atoms with Crippen LogP contribution < -0.4 is 0 Å². The SMILES string of the molecule is C1CC2CCC3COC2C3C1. The zero-order valence-electron chi connectivity index (χ0n) is 6.96. The van der Waals surface area contributed by atoms with Crippen molar-refractivity contribution in [1.29, 1.82) is 0 Å². The second kappa shape index (κ2) is 2.22. The van der Waals surface area contributed by atoms with E-state index < -0.39 is 0 Å². The lowest BCUT2D eigenvalue weighted by Crippen LogP contribution is -2.36. The minimum absolute atomic E-state index is 0.697. The number of hydrogen-bond acceptors (Lipinski definition) is 1. The molecule has 0 amide bonds. The molecule has 3 fully saturated rings. The topological polar surface area (TPSA) is 9.23 Å². The van der Waals surface area contributed by atoms with Crippen molar-refractivity contribution in [3.8, 4) is 0 Å². The summed E-state index contributed by atoms with van der Waals surface area (Å²) in [6.45, 7) is 1.09. The zero-order valence-corrected chi connectivity index (χ0v) is 6.96. The van der Waals surface area contributed by atoms with E-state index in [-0.39, 0.29) is 0 Å². The predicted octanol–water partition coefficient (Wildman–Crippen LogP) is 2.21. The summed E-state index contributed by atoms with van der Waals surface area (Å²) in [5, 5.41) is 0. The molecule has 2 saturated carbocycles. The summed E-state index contributed by atoms with van der Waals surface area (Å²) < 4.78 is 5.84. The highest BCUT2D eigenvalue weighted by Crippen LogP contribution is 2.48. The minimum atomic E-state index is 0.697. The summed E-state index contributed by atoms with van der Waals surface area (Å²) >= 11 is 0. The fourth-order valence-electron chi connectivity index (χ4n) is 3.45. The molecule has 1 heterocycles. The molecule has 1 saturated heterocycles. The van der Waals surface area contributed by atoms with E-state index in [1.165, 1.54) is 32.1 Å². The van der Waals surface area contributed by atoms with Gasteiger partial charge in [0.2, 0.25) is 0 Å². The molecule has 4 atom stereocenters. The Bertz CT molecular complexity index is 164. The van der Waals surface area contributed by atoms with Crippen molar-refractivity contribution in [2.24, 2.45) is 17.8 Å². The largest absolute Gasteiger partial charge is 0.377 e. The average Bonchev–Trinajstić information content (AvgIpc) is 2.28. The Kier molecular flexibility index (Phi) is 1.31. The summed E-state index contributed by atoms with van der Waals surface area (Å²) in [5.41, 5.74) is 0. The lowest BCUT2D eigenvalue weighted by molar-refractivity contribution is 0.00942. The Morgan fingerprint density at radius 1 is 0.909 bits per heavy atom. The maximum atomic E-state index is 5.84. The number of rotatable bonds is 0. The van der Waals surface area contributed by atoms with E-state index in [1.807, 2.05) is 0 Å². The van der Waals surface area contributed by atoms with E-state index >= 15 is 0 Å². The van der Waals surface area contributed by atoms with Crippen molar-refractivity contribution < 1.29 is 4.74 Å². The van der Waals surface area contributed by atoms with Gasteiger partial charge in [-0.05, 0) is 43.4 Å². The van der Waals surface area contributed by atoms with Gasteiger partial charge in [0.25, 0.3) is 0 Å². The third-order valence-corrected chi connectivity index (χ3v) is 4.02. The summed E-state index contributed by atoms with van der Waals surface area (Å²) in [5.74, 6) is 2.88. The van der Waals surface area contributed by atoms with Crippen molar-refractivity contribution in [2.75, 3.05) is 6.61 Å². The maximum absolute atomic E-state index is 5.84. The van der Waals surface area contributed by atoms with Gasteiger partial charge in [0.15, 0.2) is 0 Å². The molecule has 2 aliphatic carbocycles. The van der Waals surface area contributed by atoms with Crippen LogP contribution in [0, 0.1) is 17.8 Å². The normalized spacial score (nSPS) is 54.5. The van der Waals surface area contributed by atoms with E-state index in [2.05, 4.69) is 0 Å². The van der Waals surface area contributed by atoms with Crippen LogP contribution in [-0.4, -0.2) is 12.7 Å². The van der Waals surface area contributed by atoms with Crippen LogP contribution in [0.5, 0.6) is 0 Å². The highest BCUT2D eigenvalue weighted by atomic mass is 16.5. The van der Waals surface area contributed by atoms with Crippen LogP contribution in [0.3, 0.4) is 0 Å². The molecule has 1 aliphatic heterocycles. The van der Waals surface area contributed by atoms with Crippen molar-refractivity contribution in [1.82, 2.24) is 0 Å². The maximum Gasteiger partial charge on any atom is 0.0635 e. The molecule has 3 rings (SSSR count). The molecule has 0 radical (unpaired) electrons. The predicted molar refractivity (Wildman–Crippen MR) is 43.3 cm³/mol. The van der Waals surface area contributed by atoms with Crippen LogP contribution in [0.4, 0.5) is 0 Å². The van der Waals surface area contributed by atoms with Crippen molar-refractivity contribution in [3.05, 3.63) is 0 Å². The van der Waals surface area contributed by atoms with Gasteiger partial charge in [-0.25, -0.2) is 0 Å². The van der Waals surface area contributed by atoms with Gasteiger partial charge in [0, 0.05) is 0 Å². The lowest BCUT2D eigenvalue weighted by atomic mass is 9.67. The molecule has 4 bridgehead atoms. The van der Waals surface area contributed by atoms with E-state index in [0.717, 1.165) is 24.4 Å². The second-order valence-corrected chi connectivity index (χ2v) is 4.49. The smallest absolute Gasteiger partial charge is 0.0635 e. The van der Waals surface area contributed by atoms with Gasteiger partial charge in [0.1, 0.15) is 0 Å². The molecule has 1 heteroatoms. The molecular formula is C10H16O. The summed E-state index contributed by atoms with van der Waals surface area (Å²) in [6.07, 6.45) is 8.02. The fourth-order valence-corrected chi connectivity index (χ4v) is 3.45. The molecule has 11 heavy (non-hydrogen) atoms. The van der Waals surface area contributed by atoms with Gasteiger partial charge in [0.05, 0.1) is 12.7 Å². The fraction of sp³-hybridized carbons (Fsp3) is 1.00. The molecule has 0 spiro atoms. The van der Waals surface area contributed by atoms with E-state index in [0.29, 0.717) is 6.10 Å². The summed E-state index contributed by atoms with van der Waals surface area (Å²) in [4.78, 5) is 0. The molecule has 1 nitrogen and oxygen atoms in total. The molecule has 3 aliphatic rings. The Morgan fingerprint density at radius 2 is 1.82 bits per heavy atom. The molecular weight excluding hydrogens is 136 g/mol. The average molecular weight is 152 g/mol. The first kappa shape index (κ1) is 6.47. The Labute approximate surface area is 68.1 Å². The summed E-state index contributed by atoms with van der Waals surface area (Å²) in [6, 6.07) is 0. The second-order valence-electron chi connectivity index (χ2n) is 4.49. The molecule has 0 aromatic heterocycles. The van der Waals surface area contributed by atoms with Gasteiger partial charge in [-0.1, -0.05) is 6.42 Å².